The number of ether oxygens (including phenoxy) is 5. The predicted octanol–water partition coefficient (Wildman–Crippen LogP) is 3.67. The molecule has 1 aliphatic heterocycles. The predicted molar refractivity (Wildman–Crippen MR) is 124 cm³/mol. The first-order chi connectivity index (χ1) is 17.1. The van der Waals surface area contributed by atoms with Crippen molar-refractivity contribution in [1.29, 1.82) is 0 Å². The first-order valence-corrected chi connectivity index (χ1v) is 11.0. The van der Waals surface area contributed by atoms with Crippen LogP contribution in [0.5, 0.6) is 0 Å². The van der Waals surface area contributed by atoms with Crippen molar-refractivity contribution in [3.63, 3.8) is 0 Å². The van der Waals surface area contributed by atoms with Gasteiger partial charge in [-0.1, -0.05) is 54.6 Å². The topological polar surface area (TPSA) is 97.4 Å². The third-order valence-corrected chi connectivity index (χ3v) is 5.39. The van der Waals surface area contributed by atoms with E-state index >= 15 is 0 Å². The highest BCUT2D eigenvalue weighted by Gasteiger charge is 2.50. The Hall–Kier alpha value is -4.01. The number of benzene rings is 3. The highest BCUT2D eigenvalue weighted by Crippen LogP contribution is 2.29. The summed E-state index contributed by atoms with van der Waals surface area (Å²) in [5.41, 5.74) is 0.981. The summed E-state index contributed by atoms with van der Waals surface area (Å²) in [5, 5.41) is 0. The number of hydrogen-bond acceptors (Lipinski definition) is 8. The molecule has 3 aromatic carbocycles. The van der Waals surface area contributed by atoms with Crippen LogP contribution >= 0.6 is 0 Å². The molecule has 0 spiro atoms. The van der Waals surface area contributed by atoms with Gasteiger partial charge in [-0.25, -0.2) is 14.4 Å². The van der Waals surface area contributed by atoms with Gasteiger partial charge < -0.3 is 23.7 Å². The van der Waals surface area contributed by atoms with Crippen molar-refractivity contribution < 1.29 is 38.1 Å². The molecule has 0 bridgehead atoms. The first kappa shape index (κ1) is 24.1. The summed E-state index contributed by atoms with van der Waals surface area (Å²) in [6, 6.07) is 25.2. The number of carbonyl (C=O) groups is 3. The Kier molecular flexibility index (Phi) is 7.87. The van der Waals surface area contributed by atoms with Gasteiger partial charge in [0.25, 0.3) is 0 Å². The quantitative estimate of drug-likeness (QED) is 0.359. The zero-order valence-corrected chi connectivity index (χ0v) is 18.9. The second-order valence-electron chi connectivity index (χ2n) is 7.72. The van der Waals surface area contributed by atoms with Gasteiger partial charge in [-0.15, -0.1) is 0 Å². The molecule has 35 heavy (non-hydrogen) atoms. The highest BCUT2D eigenvalue weighted by molar-refractivity contribution is 5.90. The molecule has 8 heteroatoms. The minimum Gasteiger partial charge on any atom is -0.459 e. The molecule has 3 aromatic rings. The van der Waals surface area contributed by atoms with Crippen molar-refractivity contribution in [1.82, 2.24) is 0 Å². The molecule has 1 fully saturated rings. The number of hydrogen-bond donors (Lipinski definition) is 0. The summed E-state index contributed by atoms with van der Waals surface area (Å²) in [4.78, 5) is 38.0. The molecule has 1 saturated heterocycles. The minimum atomic E-state index is -1.10. The van der Waals surface area contributed by atoms with E-state index in [9.17, 15) is 14.4 Å². The second-order valence-corrected chi connectivity index (χ2v) is 7.72. The maximum Gasteiger partial charge on any atom is 0.338 e. The van der Waals surface area contributed by atoms with Crippen LogP contribution in [-0.2, 0) is 23.7 Å². The molecule has 0 aliphatic carbocycles. The van der Waals surface area contributed by atoms with Crippen LogP contribution in [0.3, 0.4) is 0 Å². The Labute approximate surface area is 202 Å². The van der Waals surface area contributed by atoms with Crippen LogP contribution in [0.15, 0.2) is 91.0 Å². The third-order valence-electron chi connectivity index (χ3n) is 5.39. The van der Waals surface area contributed by atoms with Crippen molar-refractivity contribution in [3.8, 4) is 0 Å². The van der Waals surface area contributed by atoms with Gasteiger partial charge in [-0.3, -0.25) is 0 Å². The summed E-state index contributed by atoms with van der Waals surface area (Å²) >= 11 is 0. The molecule has 0 N–H and O–H groups in total. The van der Waals surface area contributed by atoms with Crippen molar-refractivity contribution in [2.75, 3.05) is 13.7 Å². The van der Waals surface area contributed by atoms with Crippen molar-refractivity contribution >= 4 is 17.9 Å². The van der Waals surface area contributed by atoms with Gasteiger partial charge in [0, 0.05) is 7.11 Å². The summed E-state index contributed by atoms with van der Waals surface area (Å²) in [5.74, 6) is -1.85. The fraction of sp³-hybridized carbons (Fsp3) is 0.222. The van der Waals surface area contributed by atoms with E-state index in [1.165, 1.54) is 7.11 Å². The minimum absolute atomic E-state index is 0.250. The summed E-state index contributed by atoms with van der Waals surface area (Å²) in [6.07, 6.45) is -4.17. The van der Waals surface area contributed by atoms with Crippen LogP contribution in [0.2, 0.25) is 0 Å². The lowest BCUT2D eigenvalue weighted by Crippen LogP contribution is -2.42. The lowest BCUT2D eigenvalue weighted by atomic mass is 10.1. The van der Waals surface area contributed by atoms with Gasteiger partial charge >= 0.3 is 17.9 Å². The lowest BCUT2D eigenvalue weighted by Gasteiger charge is -2.24. The van der Waals surface area contributed by atoms with E-state index in [0.717, 1.165) is 0 Å². The molecule has 8 nitrogen and oxygen atoms in total. The maximum atomic E-state index is 12.8. The van der Waals surface area contributed by atoms with E-state index in [0.29, 0.717) is 16.7 Å². The molecule has 4 rings (SSSR count). The number of rotatable bonds is 8. The van der Waals surface area contributed by atoms with Crippen LogP contribution in [0.4, 0.5) is 0 Å². The Morgan fingerprint density at radius 2 is 1.09 bits per heavy atom. The molecule has 0 aromatic heterocycles. The molecule has 1 heterocycles. The average Bonchev–Trinajstić information content (AvgIpc) is 3.24. The largest absolute Gasteiger partial charge is 0.459 e. The molecular weight excluding hydrogens is 452 g/mol. The van der Waals surface area contributed by atoms with E-state index in [1.54, 1.807) is 91.0 Å². The zero-order chi connectivity index (χ0) is 24.6. The van der Waals surface area contributed by atoms with E-state index in [4.69, 9.17) is 23.7 Å². The molecule has 4 atom stereocenters. The van der Waals surface area contributed by atoms with Gasteiger partial charge in [0.15, 0.2) is 18.5 Å². The van der Waals surface area contributed by atoms with Gasteiger partial charge in [-0.05, 0) is 36.4 Å². The average molecular weight is 476 g/mol. The van der Waals surface area contributed by atoms with Crippen LogP contribution < -0.4 is 0 Å². The van der Waals surface area contributed by atoms with Crippen LogP contribution in [0.1, 0.15) is 31.1 Å². The smallest absolute Gasteiger partial charge is 0.338 e. The van der Waals surface area contributed by atoms with E-state index < -0.39 is 42.5 Å². The van der Waals surface area contributed by atoms with Crippen LogP contribution in [-0.4, -0.2) is 56.2 Å². The first-order valence-electron chi connectivity index (χ1n) is 11.0. The molecule has 180 valence electrons. The van der Waals surface area contributed by atoms with Crippen molar-refractivity contribution in [2.24, 2.45) is 0 Å². The summed E-state index contributed by atoms with van der Waals surface area (Å²) < 4.78 is 28.0. The third kappa shape index (κ3) is 5.92. The van der Waals surface area contributed by atoms with Gasteiger partial charge in [0.1, 0.15) is 12.7 Å². The number of carbonyl (C=O) groups excluding carboxylic acids is 3. The van der Waals surface area contributed by atoms with E-state index in [2.05, 4.69) is 0 Å². The lowest BCUT2D eigenvalue weighted by molar-refractivity contribution is -0.155. The van der Waals surface area contributed by atoms with Crippen molar-refractivity contribution in [2.45, 2.75) is 24.6 Å². The standard InChI is InChI=1S/C27H24O8/c1-31-27-23(35-26(30)20-15-9-4-10-16-20)22(34-25(29)19-13-7-3-8-14-19)21(33-27)17-32-24(28)18-11-5-2-6-12-18/h2-16,21-23,27H,17H2,1H3/t21-,22+,23-,27+/m0/s1. The highest BCUT2D eigenvalue weighted by atomic mass is 16.7. The number of methoxy groups -OCH3 is 1. The Balaban J connectivity index is 1.54. The van der Waals surface area contributed by atoms with Gasteiger partial charge in [0.05, 0.1) is 16.7 Å². The Morgan fingerprint density at radius 1 is 0.657 bits per heavy atom. The fourth-order valence-electron chi connectivity index (χ4n) is 3.63. The van der Waals surface area contributed by atoms with Gasteiger partial charge in [-0.2, -0.15) is 0 Å². The fourth-order valence-corrected chi connectivity index (χ4v) is 3.63. The van der Waals surface area contributed by atoms with Gasteiger partial charge in [0.2, 0.25) is 0 Å². The monoisotopic (exact) mass is 476 g/mol. The summed E-state index contributed by atoms with van der Waals surface area (Å²) in [7, 11) is 1.38. The SMILES string of the molecule is CO[C@@H]1O[C@@H](COC(=O)c2ccccc2)[C@@H](OC(=O)c2ccccc2)[C@@H]1OC(=O)c1ccccc1. The second kappa shape index (κ2) is 11.4. The Morgan fingerprint density at radius 3 is 1.54 bits per heavy atom. The molecule has 1 aliphatic rings. The van der Waals surface area contributed by atoms with Crippen LogP contribution in [0.25, 0.3) is 0 Å². The molecule has 0 radical (unpaired) electrons. The maximum absolute atomic E-state index is 12.8. The molecule has 0 unspecified atom stereocenters. The van der Waals surface area contributed by atoms with E-state index in [1.807, 2.05) is 0 Å². The molecule has 0 amide bonds. The molecular formula is C27H24O8. The molecule has 0 saturated carbocycles. The van der Waals surface area contributed by atoms with Crippen LogP contribution in [0, 0.1) is 0 Å². The van der Waals surface area contributed by atoms with Crippen molar-refractivity contribution in [3.05, 3.63) is 108 Å². The number of esters is 3. The normalized spacial score (nSPS) is 21.2. The zero-order valence-electron chi connectivity index (χ0n) is 18.9. The Bertz CT molecular complexity index is 1130. The summed E-state index contributed by atoms with van der Waals surface area (Å²) in [6.45, 7) is -0.250. The van der Waals surface area contributed by atoms with E-state index in [-0.39, 0.29) is 6.61 Å².